The van der Waals surface area contributed by atoms with Gasteiger partial charge in [0.25, 0.3) is 0 Å². The molecule has 0 bridgehead atoms. The molecule has 0 saturated heterocycles. The summed E-state index contributed by atoms with van der Waals surface area (Å²) in [6.07, 6.45) is 1.03. The number of carbonyl (C=O) groups excluding carboxylic acids is 2. The Morgan fingerprint density at radius 3 is 2.12 bits per heavy atom. The van der Waals surface area contributed by atoms with Crippen molar-refractivity contribution in [2.45, 2.75) is 33.0 Å². The monoisotopic (exact) mass is 461 g/mol. The molecule has 8 nitrogen and oxygen atoms in total. The number of benzene rings is 2. The number of likely N-dealkylation sites (N-methyl/N-ethyl adjacent to an activating group) is 1. The van der Waals surface area contributed by atoms with Crippen LogP contribution in [-0.2, 0) is 32.7 Å². The van der Waals surface area contributed by atoms with Crippen molar-refractivity contribution in [3.05, 3.63) is 65.2 Å². The molecule has 0 aliphatic rings. The third kappa shape index (κ3) is 7.35. The molecule has 2 rings (SSSR count). The van der Waals surface area contributed by atoms with Crippen LogP contribution >= 0.6 is 0 Å². The molecular weight excluding hydrogens is 430 g/mol. The quantitative estimate of drug-likeness (QED) is 0.583. The second-order valence-corrected chi connectivity index (χ2v) is 9.86. The molecule has 174 valence electrons. The molecule has 0 heterocycles. The topological polar surface area (TPSA) is 96.0 Å². The minimum Gasteiger partial charge on any atom is -0.497 e. The van der Waals surface area contributed by atoms with E-state index in [1.54, 1.807) is 38.3 Å². The molecule has 0 aromatic heterocycles. The Labute approximate surface area is 190 Å². The fraction of sp³-hybridized carbons (Fsp3) is 0.391. The summed E-state index contributed by atoms with van der Waals surface area (Å²) in [4.78, 5) is 27.2. The molecule has 1 atom stereocenters. The molecule has 0 radical (unpaired) electrons. The summed E-state index contributed by atoms with van der Waals surface area (Å²) in [7, 11) is -0.644. The summed E-state index contributed by atoms with van der Waals surface area (Å²) >= 11 is 0. The first kappa shape index (κ1) is 25.4. The van der Waals surface area contributed by atoms with Crippen molar-refractivity contribution in [3.63, 3.8) is 0 Å². The maximum atomic E-state index is 13.0. The van der Waals surface area contributed by atoms with Gasteiger partial charge < -0.3 is 15.0 Å². The number of nitrogens with zero attached hydrogens (tertiary/aromatic N) is 2. The number of aryl methyl sites for hydroxylation is 1. The second-order valence-electron chi connectivity index (χ2n) is 7.77. The van der Waals surface area contributed by atoms with Crippen LogP contribution in [0.15, 0.2) is 48.5 Å². The predicted octanol–water partition coefficient (Wildman–Crippen LogP) is 1.93. The van der Waals surface area contributed by atoms with Gasteiger partial charge in [-0.1, -0.05) is 42.0 Å². The average Bonchev–Trinajstić information content (AvgIpc) is 2.76. The first-order chi connectivity index (χ1) is 15.0. The molecule has 0 unspecified atom stereocenters. The first-order valence-electron chi connectivity index (χ1n) is 10.2. The molecule has 2 aromatic rings. The highest BCUT2D eigenvalue weighted by molar-refractivity contribution is 7.88. The molecule has 9 heteroatoms. The summed E-state index contributed by atoms with van der Waals surface area (Å²) in [6, 6.07) is 14.1. The Bertz CT molecular complexity index is 1020. The summed E-state index contributed by atoms with van der Waals surface area (Å²) in [6.45, 7) is 3.74. The zero-order valence-corrected chi connectivity index (χ0v) is 20.0. The number of nitrogens with one attached hydrogen (secondary N) is 1. The smallest absolute Gasteiger partial charge is 0.242 e. The highest BCUT2D eigenvalue weighted by Gasteiger charge is 2.28. The highest BCUT2D eigenvalue weighted by Crippen LogP contribution is 2.15. The van der Waals surface area contributed by atoms with Gasteiger partial charge in [0.2, 0.25) is 21.8 Å². The van der Waals surface area contributed by atoms with E-state index in [0.29, 0.717) is 12.3 Å². The van der Waals surface area contributed by atoms with Crippen molar-refractivity contribution in [1.82, 2.24) is 14.5 Å². The highest BCUT2D eigenvalue weighted by atomic mass is 32.2. The predicted molar refractivity (Wildman–Crippen MR) is 124 cm³/mol. The van der Waals surface area contributed by atoms with E-state index in [0.717, 1.165) is 27.3 Å². The molecule has 0 saturated carbocycles. The Morgan fingerprint density at radius 1 is 1.03 bits per heavy atom. The number of amides is 2. The van der Waals surface area contributed by atoms with Crippen LogP contribution in [0.4, 0.5) is 0 Å². The van der Waals surface area contributed by atoms with Gasteiger partial charge in [-0.2, -0.15) is 4.31 Å². The number of ether oxygens (including phenoxy) is 1. The SMILES string of the molecule is COc1ccc(CN(C(=O)CN(C)S(C)(=O)=O)[C@@H](C)C(=O)NCc2ccc(C)cc2)cc1. The summed E-state index contributed by atoms with van der Waals surface area (Å²) in [5.74, 6) is -0.117. The van der Waals surface area contributed by atoms with Crippen LogP contribution in [0.2, 0.25) is 0 Å². The molecule has 0 fully saturated rings. The van der Waals surface area contributed by atoms with E-state index in [-0.39, 0.29) is 19.0 Å². The lowest BCUT2D eigenvalue weighted by Gasteiger charge is -2.30. The van der Waals surface area contributed by atoms with Gasteiger partial charge in [-0.15, -0.1) is 0 Å². The van der Waals surface area contributed by atoms with Gasteiger partial charge in [0.05, 0.1) is 19.9 Å². The van der Waals surface area contributed by atoms with Crippen molar-refractivity contribution in [2.75, 3.05) is 27.0 Å². The van der Waals surface area contributed by atoms with Gasteiger partial charge in [0, 0.05) is 20.1 Å². The van der Waals surface area contributed by atoms with E-state index < -0.39 is 22.0 Å². The maximum absolute atomic E-state index is 13.0. The van der Waals surface area contributed by atoms with E-state index in [1.807, 2.05) is 31.2 Å². The normalized spacial score (nSPS) is 12.3. The zero-order chi connectivity index (χ0) is 23.9. The van der Waals surface area contributed by atoms with Gasteiger partial charge in [-0.05, 0) is 37.1 Å². The van der Waals surface area contributed by atoms with Crippen molar-refractivity contribution in [2.24, 2.45) is 0 Å². The van der Waals surface area contributed by atoms with E-state index in [9.17, 15) is 18.0 Å². The lowest BCUT2D eigenvalue weighted by atomic mass is 10.1. The van der Waals surface area contributed by atoms with E-state index >= 15 is 0 Å². The van der Waals surface area contributed by atoms with Crippen LogP contribution < -0.4 is 10.1 Å². The average molecular weight is 462 g/mol. The molecule has 1 N–H and O–H groups in total. The van der Waals surface area contributed by atoms with Gasteiger partial charge in [0.1, 0.15) is 11.8 Å². The number of rotatable bonds is 10. The van der Waals surface area contributed by atoms with Gasteiger partial charge in [-0.25, -0.2) is 8.42 Å². The summed E-state index contributed by atoms with van der Waals surface area (Å²) in [5.41, 5.74) is 2.86. The van der Waals surface area contributed by atoms with Crippen molar-refractivity contribution >= 4 is 21.8 Å². The minimum atomic E-state index is -3.54. The van der Waals surface area contributed by atoms with Crippen LogP contribution in [-0.4, -0.2) is 62.4 Å². The molecule has 0 spiro atoms. The largest absolute Gasteiger partial charge is 0.497 e. The zero-order valence-electron chi connectivity index (χ0n) is 19.2. The van der Waals surface area contributed by atoms with Crippen molar-refractivity contribution in [1.29, 1.82) is 0 Å². The van der Waals surface area contributed by atoms with E-state index in [4.69, 9.17) is 4.74 Å². The molecule has 0 aliphatic heterocycles. The van der Waals surface area contributed by atoms with Crippen LogP contribution in [0.3, 0.4) is 0 Å². The van der Waals surface area contributed by atoms with Crippen molar-refractivity contribution in [3.8, 4) is 5.75 Å². The summed E-state index contributed by atoms with van der Waals surface area (Å²) in [5, 5.41) is 2.86. The fourth-order valence-electron chi connectivity index (χ4n) is 2.95. The van der Waals surface area contributed by atoms with E-state index in [2.05, 4.69) is 5.32 Å². The number of sulfonamides is 1. The lowest BCUT2D eigenvalue weighted by Crippen LogP contribution is -2.50. The van der Waals surface area contributed by atoms with Gasteiger partial charge in [-0.3, -0.25) is 9.59 Å². The Kier molecular flexibility index (Phi) is 8.80. The van der Waals surface area contributed by atoms with Crippen LogP contribution in [0, 0.1) is 6.92 Å². The van der Waals surface area contributed by atoms with Crippen LogP contribution in [0.5, 0.6) is 5.75 Å². The van der Waals surface area contributed by atoms with Gasteiger partial charge >= 0.3 is 0 Å². The minimum absolute atomic E-state index is 0.152. The molecule has 0 aliphatic carbocycles. The van der Waals surface area contributed by atoms with Gasteiger partial charge in [0.15, 0.2) is 0 Å². The van der Waals surface area contributed by atoms with Crippen molar-refractivity contribution < 1.29 is 22.7 Å². The van der Waals surface area contributed by atoms with E-state index in [1.165, 1.54) is 11.9 Å². The van der Waals surface area contributed by atoms with Crippen LogP contribution in [0.1, 0.15) is 23.6 Å². The molecular formula is C23H31N3O5S. The first-order valence-corrected chi connectivity index (χ1v) is 12.0. The number of carbonyl (C=O) groups is 2. The maximum Gasteiger partial charge on any atom is 0.242 e. The molecule has 2 aromatic carbocycles. The Hall–Kier alpha value is -2.91. The summed E-state index contributed by atoms with van der Waals surface area (Å²) < 4.78 is 29.7. The molecule has 2 amide bonds. The number of hydrogen-bond donors (Lipinski definition) is 1. The standard InChI is InChI=1S/C23H31N3O5S/c1-17-6-8-19(9-7-17)14-24-23(28)18(2)26(22(27)16-25(3)32(5,29)30)15-20-10-12-21(31-4)13-11-20/h6-13,18H,14-16H2,1-5H3,(H,24,28)/t18-/m0/s1. The Morgan fingerprint density at radius 2 is 1.59 bits per heavy atom. The van der Waals surface area contributed by atoms with Crippen LogP contribution in [0.25, 0.3) is 0 Å². The third-order valence-electron chi connectivity index (χ3n) is 5.19. The molecule has 32 heavy (non-hydrogen) atoms. The fourth-order valence-corrected chi connectivity index (χ4v) is 3.30. The lowest BCUT2D eigenvalue weighted by molar-refractivity contribution is -0.140. The second kappa shape index (κ2) is 11.1. The number of hydrogen-bond acceptors (Lipinski definition) is 5. The Balaban J connectivity index is 2.17. The third-order valence-corrected chi connectivity index (χ3v) is 6.45. The number of methoxy groups -OCH3 is 1.